The van der Waals surface area contributed by atoms with E-state index in [9.17, 15) is 19.2 Å². The molecule has 1 saturated carbocycles. The first-order valence-corrected chi connectivity index (χ1v) is 25.0. The number of amides is 5. The fraction of sp³-hybridized carbons (Fsp3) is 0.364. The predicted octanol–water partition coefficient (Wildman–Crippen LogP) is 9.28. The number of ether oxygens (including phenoxy) is 2. The zero-order chi connectivity index (χ0) is 50.4. The van der Waals surface area contributed by atoms with Gasteiger partial charge in [0.2, 0.25) is 17.7 Å². The van der Waals surface area contributed by atoms with Crippen molar-refractivity contribution >= 4 is 57.8 Å². The number of anilines is 2. The monoisotopic (exact) mass is 998 g/mol. The number of hydrogen-bond donors (Lipinski definition) is 4. The highest BCUT2D eigenvalue weighted by atomic mass is 35.5. The maximum Gasteiger partial charge on any atom is 0.329 e. The molecule has 2 saturated heterocycles. The van der Waals surface area contributed by atoms with E-state index in [4.69, 9.17) is 26.8 Å². The smallest absolute Gasteiger partial charge is 0.329 e. The maximum atomic E-state index is 16.2. The van der Waals surface area contributed by atoms with Crippen LogP contribution in [0, 0.1) is 17.6 Å². The Kier molecular flexibility index (Phi) is 13.5. The number of urea groups is 1. The summed E-state index contributed by atoms with van der Waals surface area (Å²) in [6.45, 7) is 5.14. The molecular formula is C55H57ClF2N8O6. The number of imide groups is 1. The fourth-order valence-corrected chi connectivity index (χ4v) is 11.6. The molecule has 3 aliphatic heterocycles. The largest absolute Gasteiger partial charge is 0.494 e. The summed E-state index contributed by atoms with van der Waals surface area (Å²) >= 11 is 6.70. The van der Waals surface area contributed by atoms with Crippen molar-refractivity contribution in [2.24, 2.45) is 18.7 Å². The molecule has 3 fully saturated rings. The first kappa shape index (κ1) is 48.7. The molecule has 17 heteroatoms. The molecule has 0 bridgehead atoms. The average molecular weight is 1000 g/mol. The number of primary amides is 1. The Hall–Kier alpha value is -6.88. The minimum atomic E-state index is -1.09. The van der Waals surface area contributed by atoms with Crippen LogP contribution >= 0.6 is 11.6 Å². The van der Waals surface area contributed by atoms with Crippen LogP contribution in [0.1, 0.15) is 96.3 Å². The van der Waals surface area contributed by atoms with Crippen molar-refractivity contribution in [3.05, 3.63) is 135 Å². The topological polar surface area (TPSA) is 173 Å². The van der Waals surface area contributed by atoms with Crippen LogP contribution in [0.25, 0.3) is 22.0 Å². The average Bonchev–Trinajstić information content (AvgIpc) is 3.86. The van der Waals surface area contributed by atoms with Crippen LogP contribution in [-0.4, -0.2) is 77.8 Å². The number of benzene rings is 5. The summed E-state index contributed by atoms with van der Waals surface area (Å²) in [4.78, 5) is 54.7. The minimum absolute atomic E-state index is 0.00582. The molecule has 5 N–H and O–H groups in total. The van der Waals surface area contributed by atoms with Gasteiger partial charge in [-0.25, -0.2) is 13.6 Å². The second-order valence-electron chi connectivity index (χ2n) is 19.6. The molecule has 1 aromatic heterocycles. The van der Waals surface area contributed by atoms with Gasteiger partial charge in [0.25, 0.3) is 0 Å². The molecule has 5 amide bonds. The van der Waals surface area contributed by atoms with Gasteiger partial charge in [0.15, 0.2) is 23.0 Å². The lowest BCUT2D eigenvalue weighted by Crippen LogP contribution is -2.49. The number of aromatic nitrogens is 2. The van der Waals surface area contributed by atoms with E-state index in [1.807, 2.05) is 62.5 Å². The third kappa shape index (κ3) is 9.15. The number of halogens is 3. The standard InChI is InChI=1S/C55H57ClF2N8O6/c1-31-46-44(28-41(57)49(56)48(46)47-40(51(59)68)18-19-43(71-3)50(47)58)72-55(31,36-9-5-4-6-10-36)30-60-37-15-12-34(13-16-37)53(69)61-38-11-7-8-32(26-38)29-65-23-20-33(21-24-65)35-14-17-39-42(27-35)64(2)63-52(39)66-25-22-45(67)62-54(66)70/h4-11,14,17-19,26-28,31,33-34,37,60H,12-13,15-16,20-25,29-30H2,1-3H3,(H2,59,68)(H,61,69)(H,62,67,70). The molecule has 374 valence electrons. The van der Waals surface area contributed by atoms with Crippen LogP contribution in [0.5, 0.6) is 11.5 Å². The summed E-state index contributed by atoms with van der Waals surface area (Å²) in [7, 11) is 3.17. The number of fused-ring (bicyclic) bond motifs is 2. The molecule has 0 spiro atoms. The number of carbonyl (C=O) groups is 4. The van der Waals surface area contributed by atoms with Gasteiger partial charge in [-0.3, -0.25) is 34.2 Å². The van der Waals surface area contributed by atoms with Gasteiger partial charge in [0, 0.05) is 84.8 Å². The first-order valence-electron chi connectivity index (χ1n) is 24.6. The number of nitrogens with one attached hydrogen (secondary N) is 3. The summed E-state index contributed by atoms with van der Waals surface area (Å²) in [6.07, 6.45) is 5.05. The quantitative estimate of drug-likeness (QED) is 0.0880. The number of rotatable bonds is 13. The van der Waals surface area contributed by atoms with Crippen molar-refractivity contribution in [2.75, 3.05) is 43.5 Å². The Morgan fingerprint density at radius 1 is 0.931 bits per heavy atom. The van der Waals surface area contributed by atoms with Gasteiger partial charge in [-0.1, -0.05) is 67.1 Å². The van der Waals surface area contributed by atoms with Gasteiger partial charge in [0.1, 0.15) is 11.6 Å². The lowest BCUT2D eigenvalue weighted by Gasteiger charge is -2.37. The third-order valence-corrected chi connectivity index (χ3v) is 15.7. The molecule has 5 aromatic carbocycles. The van der Waals surface area contributed by atoms with Gasteiger partial charge in [-0.05, 0) is 111 Å². The van der Waals surface area contributed by atoms with Crippen LogP contribution in [0.2, 0.25) is 5.02 Å². The lowest BCUT2D eigenvalue weighted by atomic mass is 9.77. The number of nitrogens with zero attached hydrogens (tertiary/aromatic N) is 4. The molecule has 1 aliphatic carbocycles. The second-order valence-corrected chi connectivity index (χ2v) is 19.9. The normalized spacial score (nSPS) is 21.6. The summed E-state index contributed by atoms with van der Waals surface area (Å²) in [5.74, 6) is -2.66. The SMILES string of the molecule is COc1ccc(C(N)=O)c(-c2c(Cl)c(F)cc3c2C(C)C(CNC2CCC(C(=O)Nc4cccc(CN5CCC(c6ccc7c(N8CCC(=O)NC8=O)nn(C)c7c6)CC5)c4)CC2)(c2ccccc2)O3)c1F. The number of carbonyl (C=O) groups excluding carboxylic acids is 4. The van der Waals surface area contributed by atoms with Gasteiger partial charge in [0.05, 0.1) is 23.2 Å². The Bertz CT molecular complexity index is 3100. The molecule has 4 heterocycles. The zero-order valence-corrected chi connectivity index (χ0v) is 41.2. The van der Waals surface area contributed by atoms with Crippen LogP contribution in [-0.2, 0) is 28.8 Å². The Labute approximate surface area is 421 Å². The molecule has 14 nitrogen and oxygen atoms in total. The number of piperidine rings is 1. The Morgan fingerprint density at radius 2 is 1.69 bits per heavy atom. The number of nitrogens with two attached hydrogens (primary N) is 1. The van der Waals surface area contributed by atoms with Crippen molar-refractivity contribution in [2.45, 2.75) is 81.9 Å². The van der Waals surface area contributed by atoms with Gasteiger partial charge in [-0.2, -0.15) is 5.10 Å². The highest BCUT2D eigenvalue weighted by molar-refractivity contribution is 6.34. The minimum Gasteiger partial charge on any atom is -0.494 e. The van der Waals surface area contributed by atoms with Crippen LogP contribution < -0.4 is 36.1 Å². The molecule has 0 radical (unpaired) electrons. The van der Waals surface area contributed by atoms with E-state index in [0.29, 0.717) is 43.2 Å². The molecule has 10 rings (SSSR count). The van der Waals surface area contributed by atoms with Crippen LogP contribution in [0.15, 0.2) is 91.0 Å². The molecular weight excluding hydrogens is 942 g/mol. The van der Waals surface area contributed by atoms with Gasteiger partial charge >= 0.3 is 6.03 Å². The van der Waals surface area contributed by atoms with Crippen molar-refractivity contribution in [3.8, 4) is 22.6 Å². The predicted molar refractivity (Wildman–Crippen MR) is 271 cm³/mol. The summed E-state index contributed by atoms with van der Waals surface area (Å²) in [6, 6.07) is 27.5. The van der Waals surface area contributed by atoms with E-state index in [0.717, 1.165) is 73.0 Å². The molecule has 2 unspecified atom stereocenters. The number of aryl methyl sites for hydroxylation is 1. The summed E-state index contributed by atoms with van der Waals surface area (Å²) < 4.78 is 45.9. The van der Waals surface area contributed by atoms with Gasteiger partial charge in [-0.15, -0.1) is 0 Å². The highest BCUT2D eigenvalue weighted by Crippen LogP contribution is 2.56. The maximum absolute atomic E-state index is 16.2. The van der Waals surface area contributed by atoms with E-state index < -0.39 is 35.1 Å². The Morgan fingerprint density at radius 3 is 2.42 bits per heavy atom. The van der Waals surface area contributed by atoms with Crippen LogP contribution in [0.3, 0.4) is 0 Å². The number of hydrogen-bond acceptors (Lipinski definition) is 9. The highest BCUT2D eigenvalue weighted by Gasteiger charge is 2.50. The van der Waals surface area contributed by atoms with Crippen molar-refractivity contribution in [1.82, 2.24) is 25.3 Å². The van der Waals surface area contributed by atoms with Crippen molar-refractivity contribution < 1.29 is 37.4 Å². The van der Waals surface area contributed by atoms with Crippen molar-refractivity contribution in [3.63, 3.8) is 0 Å². The van der Waals surface area contributed by atoms with E-state index in [-0.39, 0.29) is 63.4 Å². The van der Waals surface area contributed by atoms with Gasteiger partial charge < -0.3 is 25.8 Å². The summed E-state index contributed by atoms with van der Waals surface area (Å²) in [5, 5.41) is 14.5. The zero-order valence-electron chi connectivity index (χ0n) is 40.4. The van der Waals surface area contributed by atoms with E-state index in [1.54, 1.807) is 4.68 Å². The molecule has 4 aliphatic rings. The van der Waals surface area contributed by atoms with Crippen molar-refractivity contribution in [1.29, 1.82) is 0 Å². The fourth-order valence-electron chi connectivity index (χ4n) is 11.4. The van der Waals surface area contributed by atoms with E-state index in [2.05, 4.69) is 50.2 Å². The Balaban J connectivity index is 0.755. The van der Waals surface area contributed by atoms with E-state index in [1.165, 1.54) is 35.8 Å². The first-order chi connectivity index (χ1) is 34.7. The third-order valence-electron chi connectivity index (χ3n) is 15.3. The summed E-state index contributed by atoms with van der Waals surface area (Å²) in [5.41, 5.74) is 9.56. The molecule has 72 heavy (non-hydrogen) atoms. The molecule has 2 atom stereocenters. The second kappa shape index (κ2) is 20.0. The number of methoxy groups -OCH3 is 1. The van der Waals surface area contributed by atoms with E-state index >= 15 is 8.78 Å². The molecule has 6 aromatic rings. The lowest BCUT2D eigenvalue weighted by molar-refractivity contribution is -0.121. The number of likely N-dealkylation sites (tertiary alicyclic amines) is 1. The van der Waals surface area contributed by atoms with Crippen LogP contribution in [0.4, 0.5) is 25.1 Å².